The number of halogens is 2. The van der Waals surface area contributed by atoms with Crippen molar-refractivity contribution in [2.24, 2.45) is 5.73 Å². The molecular formula is C15H17BrFN3O. The number of nitrogens with two attached hydrogens (primary N) is 1. The Hall–Kier alpha value is -1.53. The van der Waals surface area contributed by atoms with Gasteiger partial charge in [0.25, 0.3) is 0 Å². The lowest BCUT2D eigenvalue weighted by molar-refractivity contribution is 0.438. The molecule has 0 saturated carbocycles. The van der Waals surface area contributed by atoms with Crippen molar-refractivity contribution in [2.75, 3.05) is 0 Å². The van der Waals surface area contributed by atoms with Crippen LogP contribution < -0.4 is 10.5 Å². The maximum Gasteiger partial charge on any atom is 0.243 e. The summed E-state index contributed by atoms with van der Waals surface area (Å²) < 4.78 is 19.7. The van der Waals surface area contributed by atoms with Crippen molar-refractivity contribution in [3.05, 3.63) is 45.3 Å². The van der Waals surface area contributed by atoms with Crippen LogP contribution in [0.25, 0.3) is 0 Å². The van der Waals surface area contributed by atoms with Crippen molar-refractivity contribution in [1.82, 2.24) is 10.2 Å². The largest absolute Gasteiger partial charge is 0.436 e. The van der Waals surface area contributed by atoms with Crippen LogP contribution in [0.5, 0.6) is 11.6 Å². The summed E-state index contributed by atoms with van der Waals surface area (Å²) in [4.78, 5) is 0. The zero-order valence-corrected chi connectivity index (χ0v) is 13.6. The summed E-state index contributed by atoms with van der Waals surface area (Å²) in [6, 6.07) is 4.23. The minimum atomic E-state index is -0.378. The van der Waals surface area contributed by atoms with E-state index in [0.717, 1.165) is 29.7 Å². The van der Waals surface area contributed by atoms with Crippen LogP contribution in [0.4, 0.5) is 4.39 Å². The molecule has 4 nitrogen and oxygen atoms in total. The van der Waals surface area contributed by atoms with Crippen molar-refractivity contribution >= 4 is 15.9 Å². The summed E-state index contributed by atoms with van der Waals surface area (Å²) in [5.74, 6) is 0.305. The van der Waals surface area contributed by atoms with E-state index in [9.17, 15) is 4.39 Å². The van der Waals surface area contributed by atoms with E-state index >= 15 is 0 Å². The van der Waals surface area contributed by atoms with Gasteiger partial charge >= 0.3 is 0 Å². The molecule has 2 N–H and O–H groups in total. The maximum absolute atomic E-state index is 13.3. The van der Waals surface area contributed by atoms with E-state index in [1.165, 1.54) is 12.1 Å². The molecule has 0 spiro atoms. The molecule has 0 fully saturated rings. The molecule has 6 heteroatoms. The molecule has 1 heterocycles. The molecule has 0 saturated heterocycles. The van der Waals surface area contributed by atoms with Crippen LogP contribution in [0.2, 0.25) is 0 Å². The third-order valence-electron chi connectivity index (χ3n) is 3.22. The monoisotopic (exact) mass is 353 g/mol. The van der Waals surface area contributed by atoms with Gasteiger partial charge in [0.15, 0.2) is 0 Å². The van der Waals surface area contributed by atoms with E-state index in [-0.39, 0.29) is 5.82 Å². The molecule has 0 amide bonds. The molecule has 1 aromatic carbocycles. The van der Waals surface area contributed by atoms with Crippen LogP contribution in [0, 0.1) is 5.82 Å². The van der Waals surface area contributed by atoms with Crippen LogP contribution >= 0.6 is 15.9 Å². The predicted octanol–water partition coefficient (Wildman–Crippen LogP) is 3.75. The molecule has 0 radical (unpaired) electrons. The van der Waals surface area contributed by atoms with Gasteiger partial charge in [-0.05, 0) is 46.5 Å². The molecule has 0 bridgehead atoms. The molecule has 2 aromatic rings. The Kier molecular flexibility index (Phi) is 5.25. The van der Waals surface area contributed by atoms with Crippen molar-refractivity contribution in [3.63, 3.8) is 0 Å². The average molecular weight is 354 g/mol. The van der Waals surface area contributed by atoms with E-state index in [1.807, 2.05) is 13.8 Å². The molecular weight excluding hydrogens is 337 g/mol. The van der Waals surface area contributed by atoms with Crippen molar-refractivity contribution in [2.45, 2.75) is 33.2 Å². The molecule has 1 aromatic heterocycles. The molecule has 0 aliphatic carbocycles. The van der Waals surface area contributed by atoms with Gasteiger partial charge in [0, 0.05) is 18.2 Å². The number of aromatic nitrogens is 2. The van der Waals surface area contributed by atoms with Crippen molar-refractivity contribution in [1.29, 1.82) is 0 Å². The number of benzene rings is 1. The molecule has 0 aliphatic heterocycles. The highest BCUT2D eigenvalue weighted by molar-refractivity contribution is 9.10. The Labute approximate surface area is 131 Å². The van der Waals surface area contributed by atoms with Crippen molar-refractivity contribution in [3.8, 4) is 11.6 Å². The Morgan fingerprint density at radius 2 is 1.95 bits per heavy atom. The lowest BCUT2D eigenvalue weighted by Gasteiger charge is -2.15. The number of nitrogens with zero attached hydrogens (tertiary/aromatic N) is 2. The Morgan fingerprint density at radius 1 is 1.19 bits per heavy atom. The van der Waals surface area contributed by atoms with Gasteiger partial charge < -0.3 is 10.5 Å². The van der Waals surface area contributed by atoms with Gasteiger partial charge in [-0.2, -0.15) is 5.10 Å². The zero-order chi connectivity index (χ0) is 15.4. The van der Waals surface area contributed by atoms with Crippen LogP contribution in [-0.4, -0.2) is 10.2 Å². The second-order valence-electron chi connectivity index (χ2n) is 4.50. The number of hydrogen-bond acceptors (Lipinski definition) is 4. The quantitative estimate of drug-likeness (QED) is 0.888. The highest BCUT2D eigenvalue weighted by atomic mass is 79.9. The third-order valence-corrected chi connectivity index (χ3v) is 3.88. The number of rotatable bonds is 5. The van der Waals surface area contributed by atoms with Crippen LogP contribution in [0.3, 0.4) is 0 Å². The molecule has 0 aliphatic rings. The summed E-state index contributed by atoms with van der Waals surface area (Å²) >= 11 is 3.33. The first-order valence-electron chi connectivity index (χ1n) is 6.80. The highest BCUT2D eigenvalue weighted by Crippen LogP contribution is 2.32. The fourth-order valence-corrected chi connectivity index (χ4v) is 2.51. The minimum Gasteiger partial charge on any atom is -0.436 e. The number of ether oxygens (including phenoxy) is 1. The van der Waals surface area contributed by atoms with Crippen LogP contribution in [0.1, 0.15) is 30.7 Å². The summed E-state index contributed by atoms with van der Waals surface area (Å²) in [7, 11) is 0. The molecule has 0 unspecified atom stereocenters. The number of hydrogen-bond donors (Lipinski definition) is 1. The van der Waals surface area contributed by atoms with E-state index in [0.29, 0.717) is 22.6 Å². The SMILES string of the molecule is CCc1nnc(Oc2cc(F)ccc2Br)c(CN)c1CC. The van der Waals surface area contributed by atoms with Gasteiger partial charge in [0.05, 0.1) is 10.2 Å². The maximum atomic E-state index is 13.3. The first-order chi connectivity index (χ1) is 10.1. The predicted molar refractivity (Wildman–Crippen MR) is 82.9 cm³/mol. The molecule has 0 atom stereocenters. The van der Waals surface area contributed by atoms with Gasteiger partial charge in [-0.15, -0.1) is 5.10 Å². The summed E-state index contributed by atoms with van der Waals surface area (Å²) in [5, 5.41) is 8.28. The lowest BCUT2D eigenvalue weighted by Crippen LogP contribution is -2.10. The fourth-order valence-electron chi connectivity index (χ4n) is 2.18. The topological polar surface area (TPSA) is 61.0 Å². The highest BCUT2D eigenvalue weighted by Gasteiger charge is 2.16. The van der Waals surface area contributed by atoms with E-state index in [2.05, 4.69) is 26.1 Å². The smallest absolute Gasteiger partial charge is 0.243 e. The third kappa shape index (κ3) is 3.39. The van der Waals surface area contributed by atoms with Crippen LogP contribution in [0.15, 0.2) is 22.7 Å². The fraction of sp³-hybridized carbons (Fsp3) is 0.333. The summed E-state index contributed by atoms with van der Waals surface area (Å²) in [6.45, 7) is 4.36. The second-order valence-corrected chi connectivity index (χ2v) is 5.35. The average Bonchev–Trinajstić information content (AvgIpc) is 2.50. The molecule has 112 valence electrons. The van der Waals surface area contributed by atoms with Gasteiger partial charge in [0.1, 0.15) is 11.6 Å². The van der Waals surface area contributed by atoms with E-state index in [4.69, 9.17) is 10.5 Å². The van der Waals surface area contributed by atoms with Gasteiger partial charge in [0.2, 0.25) is 5.88 Å². The second kappa shape index (κ2) is 6.95. The Morgan fingerprint density at radius 3 is 2.57 bits per heavy atom. The first-order valence-corrected chi connectivity index (χ1v) is 7.60. The van der Waals surface area contributed by atoms with E-state index in [1.54, 1.807) is 6.07 Å². The molecule has 2 rings (SSSR count). The van der Waals surface area contributed by atoms with Crippen LogP contribution in [-0.2, 0) is 19.4 Å². The molecule has 21 heavy (non-hydrogen) atoms. The minimum absolute atomic E-state index is 0.300. The van der Waals surface area contributed by atoms with E-state index < -0.39 is 0 Å². The van der Waals surface area contributed by atoms with Gasteiger partial charge in [-0.3, -0.25) is 0 Å². The van der Waals surface area contributed by atoms with Crippen molar-refractivity contribution < 1.29 is 9.13 Å². The Balaban J connectivity index is 2.47. The van der Waals surface area contributed by atoms with Gasteiger partial charge in [-0.1, -0.05) is 13.8 Å². The zero-order valence-electron chi connectivity index (χ0n) is 12.0. The first kappa shape index (κ1) is 15.9. The normalized spacial score (nSPS) is 10.7. The number of aryl methyl sites for hydroxylation is 1. The van der Waals surface area contributed by atoms with Gasteiger partial charge in [-0.25, -0.2) is 4.39 Å². The summed E-state index contributed by atoms with van der Waals surface area (Å²) in [5.41, 5.74) is 8.63. The standard InChI is InChI=1S/C15H17BrFN3O/c1-3-10-11(8-18)15(20-19-13(10)4-2)21-14-7-9(17)5-6-12(14)16/h5-7H,3-4,8,18H2,1-2H3. The summed E-state index contributed by atoms with van der Waals surface area (Å²) in [6.07, 6.45) is 1.58. The Bertz CT molecular complexity index is 649. The lowest BCUT2D eigenvalue weighted by atomic mass is 10.0.